The van der Waals surface area contributed by atoms with Crippen molar-refractivity contribution < 1.29 is 9.90 Å². The quantitative estimate of drug-likeness (QED) is 0.858. The molecule has 1 saturated heterocycles. The number of piperidine rings is 1. The van der Waals surface area contributed by atoms with Gasteiger partial charge in [-0.3, -0.25) is 14.7 Å². The summed E-state index contributed by atoms with van der Waals surface area (Å²) in [6.45, 7) is 8.62. The normalized spacial score (nSPS) is 21.2. The fourth-order valence-corrected chi connectivity index (χ4v) is 3.68. The monoisotopic (exact) mass is 388 g/mol. The molecule has 2 aromatic rings. The smallest absolute Gasteiger partial charge is 0.307 e. The Labute approximate surface area is 164 Å². The van der Waals surface area contributed by atoms with E-state index in [1.807, 2.05) is 0 Å². The third-order valence-corrected chi connectivity index (χ3v) is 5.38. The van der Waals surface area contributed by atoms with Crippen LogP contribution in [0.3, 0.4) is 0 Å². The van der Waals surface area contributed by atoms with E-state index in [4.69, 9.17) is 11.6 Å². The number of nitrogens with zero attached hydrogens (tertiary/aromatic N) is 4. The molecule has 2 atom stereocenters. The van der Waals surface area contributed by atoms with E-state index in [0.717, 1.165) is 24.1 Å². The van der Waals surface area contributed by atoms with Gasteiger partial charge in [0, 0.05) is 55.5 Å². The maximum atomic E-state index is 11.6. The van der Waals surface area contributed by atoms with Crippen molar-refractivity contribution in [3.63, 3.8) is 0 Å². The summed E-state index contributed by atoms with van der Waals surface area (Å²) in [5, 5.41) is 10.1. The van der Waals surface area contributed by atoms with Crippen LogP contribution >= 0.6 is 11.6 Å². The summed E-state index contributed by atoms with van der Waals surface area (Å²) in [6.07, 6.45) is 7.56. The summed E-state index contributed by atoms with van der Waals surface area (Å²) in [7, 11) is 0. The number of likely N-dealkylation sites (tertiary alicyclic amines) is 1. The number of rotatable bonds is 4. The van der Waals surface area contributed by atoms with E-state index >= 15 is 0 Å². The Kier molecular flexibility index (Phi) is 5.77. The highest BCUT2D eigenvalue weighted by Gasteiger charge is 2.37. The second-order valence-corrected chi connectivity index (χ2v) is 8.77. The highest BCUT2D eigenvalue weighted by molar-refractivity contribution is 6.30. The average Bonchev–Trinajstić information content (AvgIpc) is 2.61. The molecule has 7 heteroatoms. The Hall–Kier alpha value is -2.05. The zero-order valence-corrected chi connectivity index (χ0v) is 16.6. The van der Waals surface area contributed by atoms with E-state index < -0.39 is 5.97 Å². The van der Waals surface area contributed by atoms with Gasteiger partial charge in [-0.05, 0) is 23.8 Å². The van der Waals surface area contributed by atoms with Crippen LogP contribution in [-0.4, -0.2) is 44.0 Å². The van der Waals surface area contributed by atoms with Gasteiger partial charge in [0.1, 0.15) is 0 Å². The lowest BCUT2D eigenvalue weighted by Gasteiger charge is -2.42. The zero-order valence-electron chi connectivity index (χ0n) is 15.9. The summed E-state index contributed by atoms with van der Waals surface area (Å²) in [5.74, 6) is -0.136. The minimum atomic E-state index is -0.714. The molecule has 3 heterocycles. The zero-order chi connectivity index (χ0) is 19.6. The summed E-state index contributed by atoms with van der Waals surface area (Å²) in [6, 6.07) is 1.78. The number of hydrogen-bond donors (Lipinski definition) is 1. The van der Waals surface area contributed by atoms with Crippen LogP contribution in [-0.2, 0) is 11.3 Å². The van der Waals surface area contributed by atoms with Gasteiger partial charge in [-0.25, -0.2) is 9.97 Å². The number of hydrogen-bond acceptors (Lipinski definition) is 5. The second-order valence-electron chi connectivity index (χ2n) is 8.33. The first-order valence-electron chi connectivity index (χ1n) is 9.09. The van der Waals surface area contributed by atoms with Crippen LogP contribution in [0.1, 0.15) is 32.8 Å². The first-order valence-corrected chi connectivity index (χ1v) is 9.47. The number of carboxylic acid groups (broad SMARTS) is 1. The van der Waals surface area contributed by atoms with Crippen molar-refractivity contribution in [2.75, 3.05) is 13.1 Å². The fraction of sp³-hybridized carbons (Fsp3) is 0.500. The van der Waals surface area contributed by atoms with Gasteiger partial charge in [0.15, 0.2) is 5.82 Å². The number of pyridine rings is 1. The van der Waals surface area contributed by atoms with Crippen molar-refractivity contribution >= 4 is 17.6 Å². The second kappa shape index (κ2) is 7.90. The Morgan fingerprint density at radius 2 is 1.93 bits per heavy atom. The highest BCUT2D eigenvalue weighted by atomic mass is 35.5. The van der Waals surface area contributed by atoms with Gasteiger partial charge in [0.05, 0.1) is 10.9 Å². The van der Waals surface area contributed by atoms with Crippen molar-refractivity contribution in [3.05, 3.63) is 41.4 Å². The largest absolute Gasteiger partial charge is 0.481 e. The molecular weight excluding hydrogens is 364 g/mol. The summed E-state index contributed by atoms with van der Waals surface area (Å²) < 4.78 is 0. The van der Waals surface area contributed by atoms with Crippen LogP contribution in [0.4, 0.5) is 0 Å². The first-order chi connectivity index (χ1) is 12.7. The third-order valence-electron chi connectivity index (χ3n) is 5.17. The van der Waals surface area contributed by atoms with E-state index in [-0.39, 0.29) is 11.3 Å². The maximum Gasteiger partial charge on any atom is 0.307 e. The van der Waals surface area contributed by atoms with Crippen LogP contribution in [0.2, 0.25) is 5.02 Å². The number of aliphatic carboxylic acids is 1. The molecule has 2 aromatic heterocycles. The lowest BCUT2D eigenvalue weighted by atomic mass is 9.73. The molecular formula is C20H25ClN4O2. The van der Waals surface area contributed by atoms with Gasteiger partial charge in [-0.1, -0.05) is 32.4 Å². The van der Waals surface area contributed by atoms with Crippen molar-refractivity contribution in [1.29, 1.82) is 0 Å². The fourth-order valence-electron chi connectivity index (χ4n) is 3.50. The van der Waals surface area contributed by atoms with Crippen LogP contribution in [0.15, 0.2) is 30.9 Å². The molecule has 1 aliphatic heterocycles. The van der Waals surface area contributed by atoms with Crippen LogP contribution < -0.4 is 0 Å². The summed E-state index contributed by atoms with van der Waals surface area (Å²) >= 11 is 5.97. The Balaban J connectivity index is 1.72. The molecule has 27 heavy (non-hydrogen) atoms. The minimum Gasteiger partial charge on any atom is -0.481 e. The molecule has 3 rings (SSSR count). The summed E-state index contributed by atoms with van der Waals surface area (Å²) in [4.78, 5) is 26.7. The van der Waals surface area contributed by atoms with E-state index in [1.165, 1.54) is 0 Å². The van der Waals surface area contributed by atoms with Gasteiger partial charge in [0.25, 0.3) is 0 Å². The molecule has 1 aliphatic rings. The number of halogens is 1. The Morgan fingerprint density at radius 1 is 1.22 bits per heavy atom. The van der Waals surface area contributed by atoms with E-state index in [1.54, 1.807) is 30.9 Å². The van der Waals surface area contributed by atoms with Gasteiger partial charge in [-0.15, -0.1) is 0 Å². The number of aromatic nitrogens is 3. The predicted molar refractivity (Wildman–Crippen MR) is 104 cm³/mol. The van der Waals surface area contributed by atoms with E-state index in [2.05, 4.69) is 40.6 Å². The molecule has 0 spiro atoms. The molecule has 0 radical (unpaired) electrons. The van der Waals surface area contributed by atoms with Gasteiger partial charge in [-0.2, -0.15) is 0 Å². The number of carbonyl (C=O) groups is 1. The van der Waals surface area contributed by atoms with Crippen LogP contribution in [0, 0.1) is 17.3 Å². The SMILES string of the molecule is CC(C)(C)[C@@H]1C[C@@H](C(=O)O)CN(Cc2cnc(-c3cncc(Cl)c3)nc2)C1. The lowest BCUT2D eigenvalue weighted by Crippen LogP contribution is -2.46. The van der Waals surface area contributed by atoms with Gasteiger partial charge < -0.3 is 5.11 Å². The first kappa shape index (κ1) is 19.7. The standard InChI is InChI=1S/C20H25ClN4O2/c1-20(2,3)16-4-15(19(26)27)11-25(12-16)10-13-6-23-18(24-7-13)14-5-17(21)9-22-8-14/h5-9,15-16H,4,10-12H2,1-3H3,(H,26,27)/t15-,16-/m1/s1. The molecule has 6 nitrogen and oxygen atoms in total. The number of carboxylic acids is 1. The molecule has 144 valence electrons. The minimum absolute atomic E-state index is 0.0757. The summed E-state index contributed by atoms with van der Waals surface area (Å²) in [5.41, 5.74) is 1.81. The topological polar surface area (TPSA) is 79.2 Å². The molecule has 0 unspecified atom stereocenters. The molecule has 0 bridgehead atoms. The molecule has 1 fully saturated rings. The lowest BCUT2D eigenvalue weighted by molar-refractivity contribution is -0.145. The predicted octanol–water partition coefficient (Wildman–Crippen LogP) is 3.76. The van der Waals surface area contributed by atoms with Crippen molar-refractivity contribution in [1.82, 2.24) is 19.9 Å². The Morgan fingerprint density at radius 3 is 2.52 bits per heavy atom. The molecule has 0 aliphatic carbocycles. The third kappa shape index (κ3) is 5.02. The maximum absolute atomic E-state index is 11.6. The average molecular weight is 389 g/mol. The van der Waals surface area contributed by atoms with Crippen LogP contribution in [0.25, 0.3) is 11.4 Å². The molecule has 1 N–H and O–H groups in total. The van der Waals surface area contributed by atoms with E-state index in [9.17, 15) is 9.90 Å². The van der Waals surface area contributed by atoms with Crippen molar-refractivity contribution in [2.24, 2.45) is 17.3 Å². The Bertz CT molecular complexity index is 804. The van der Waals surface area contributed by atoms with Gasteiger partial charge >= 0.3 is 5.97 Å². The molecule has 0 amide bonds. The van der Waals surface area contributed by atoms with Crippen molar-refractivity contribution in [3.8, 4) is 11.4 Å². The van der Waals surface area contributed by atoms with Crippen LogP contribution in [0.5, 0.6) is 0 Å². The van der Waals surface area contributed by atoms with Crippen molar-refractivity contribution in [2.45, 2.75) is 33.7 Å². The highest BCUT2D eigenvalue weighted by Crippen LogP contribution is 2.36. The van der Waals surface area contributed by atoms with E-state index in [0.29, 0.717) is 29.9 Å². The molecule has 0 aromatic carbocycles. The molecule has 0 saturated carbocycles. The van der Waals surface area contributed by atoms with Gasteiger partial charge in [0.2, 0.25) is 0 Å².